The van der Waals surface area contributed by atoms with E-state index in [1.807, 2.05) is 36.4 Å². The number of fused-ring (bicyclic) bond motifs is 1. The lowest BCUT2D eigenvalue weighted by atomic mass is 10.2. The summed E-state index contributed by atoms with van der Waals surface area (Å²) in [5, 5.41) is 0.759. The van der Waals surface area contributed by atoms with Crippen molar-refractivity contribution >= 4 is 29.2 Å². The number of amides is 1. The minimum atomic E-state index is -0.622. The molecule has 6 nitrogen and oxygen atoms in total. The second-order valence-electron chi connectivity index (χ2n) is 7.02. The first-order chi connectivity index (χ1) is 12.8. The van der Waals surface area contributed by atoms with Gasteiger partial charge in [-0.1, -0.05) is 18.2 Å². The van der Waals surface area contributed by atoms with Crippen LogP contribution >= 0.6 is 0 Å². The van der Waals surface area contributed by atoms with E-state index in [-0.39, 0.29) is 12.4 Å². The molecule has 0 N–H and O–H groups in total. The molecule has 0 spiro atoms. The predicted octanol–water partition coefficient (Wildman–Crippen LogP) is 4.53. The lowest BCUT2D eigenvalue weighted by Crippen LogP contribution is -2.34. The van der Waals surface area contributed by atoms with Crippen molar-refractivity contribution in [1.29, 1.82) is 0 Å². The number of hydrogen-bond donors (Lipinski definition) is 0. The van der Waals surface area contributed by atoms with Gasteiger partial charge in [0.1, 0.15) is 29.2 Å². The number of nitrogens with zero attached hydrogens (tertiary/aromatic N) is 1. The molecule has 2 aromatic carbocycles. The zero-order chi connectivity index (χ0) is 19.4. The van der Waals surface area contributed by atoms with Gasteiger partial charge in [-0.15, -0.1) is 0 Å². The topological polar surface area (TPSA) is 69.0 Å². The minimum absolute atomic E-state index is 0.228. The molecule has 0 aliphatic rings. The van der Waals surface area contributed by atoms with Crippen molar-refractivity contribution in [2.24, 2.45) is 0 Å². The van der Waals surface area contributed by atoms with Crippen LogP contribution in [0.1, 0.15) is 20.8 Å². The van der Waals surface area contributed by atoms with Crippen molar-refractivity contribution in [3.05, 3.63) is 54.6 Å². The SMILES string of the molecule is CC(C)(C)OC(=O)CN(C=O)c1cc2cc(Oc3ccccc3)ccc2o1. The Morgan fingerprint density at radius 2 is 1.81 bits per heavy atom. The molecule has 0 radical (unpaired) electrons. The summed E-state index contributed by atoms with van der Waals surface area (Å²) >= 11 is 0. The molecule has 0 fully saturated rings. The summed E-state index contributed by atoms with van der Waals surface area (Å²) in [6.07, 6.45) is 0.545. The molecule has 0 saturated heterocycles. The van der Waals surface area contributed by atoms with Crippen LogP contribution in [0.3, 0.4) is 0 Å². The first-order valence-corrected chi connectivity index (χ1v) is 8.54. The fourth-order valence-corrected chi connectivity index (χ4v) is 2.52. The van der Waals surface area contributed by atoms with E-state index in [4.69, 9.17) is 13.9 Å². The maximum atomic E-state index is 12.0. The highest BCUT2D eigenvalue weighted by atomic mass is 16.6. The number of hydrogen-bond acceptors (Lipinski definition) is 5. The van der Waals surface area contributed by atoms with Gasteiger partial charge in [0.25, 0.3) is 0 Å². The molecule has 0 saturated carbocycles. The Hall–Kier alpha value is -3.28. The summed E-state index contributed by atoms with van der Waals surface area (Å²) < 4.78 is 16.7. The fraction of sp³-hybridized carbons (Fsp3) is 0.238. The first-order valence-electron chi connectivity index (χ1n) is 8.54. The number of anilines is 1. The second kappa shape index (κ2) is 7.53. The van der Waals surface area contributed by atoms with E-state index >= 15 is 0 Å². The monoisotopic (exact) mass is 367 g/mol. The van der Waals surface area contributed by atoms with Gasteiger partial charge in [0.2, 0.25) is 12.3 Å². The molecule has 1 amide bonds. The molecule has 140 valence electrons. The Labute approximate surface area is 157 Å². The largest absolute Gasteiger partial charge is 0.459 e. The number of esters is 1. The Morgan fingerprint density at radius 3 is 2.48 bits per heavy atom. The highest BCUT2D eigenvalue weighted by molar-refractivity contribution is 5.89. The maximum Gasteiger partial charge on any atom is 0.326 e. The maximum absolute atomic E-state index is 12.0. The van der Waals surface area contributed by atoms with Gasteiger partial charge in [-0.25, -0.2) is 0 Å². The summed E-state index contributed by atoms with van der Waals surface area (Å²) in [7, 11) is 0. The molecule has 3 aromatic rings. The van der Waals surface area contributed by atoms with E-state index < -0.39 is 11.6 Å². The number of benzene rings is 2. The van der Waals surface area contributed by atoms with E-state index in [1.165, 1.54) is 4.90 Å². The van der Waals surface area contributed by atoms with Crippen LogP contribution in [-0.4, -0.2) is 24.5 Å². The third-order valence-electron chi connectivity index (χ3n) is 3.58. The number of carbonyl (C=O) groups excluding carboxylic acids is 2. The van der Waals surface area contributed by atoms with Gasteiger partial charge in [-0.05, 0) is 51.1 Å². The molecule has 0 bridgehead atoms. The third kappa shape index (κ3) is 4.88. The smallest absolute Gasteiger partial charge is 0.326 e. The number of rotatable bonds is 6. The Morgan fingerprint density at radius 1 is 1.07 bits per heavy atom. The summed E-state index contributed by atoms with van der Waals surface area (Å²) in [4.78, 5) is 24.6. The molecular weight excluding hydrogens is 346 g/mol. The Bertz CT molecular complexity index is 940. The zero-order valence-corrected chi connectivity index (χ0v) is 15.5. The van der Waals surface area contributed by atoms with Crippen molar-refractivity contribution in [2.45, 2.75) is 26.4 Å². The number of carbonyl (C=O) groups is 2. The van der Waals surface area contributed by atoms with Crippen molar-refractivity contribution in [2.75, 3.05) is 11.4 Å². The summed E-state index contributed by atoms with van der Waals surface area (Å²) in [6, 6.07) is 16.5. The van der Waals surface area contributed by atoms with Gasteiger partial charge < -0.3 is 13.9 Å². The van der Waals surface area contributed by atoms with Crippen LogP contribution < -0.4 is 9.64 Å². The van der Waals surface area contributed by atoms with Gasteiger partial charge in [-0.2, -0.15) is 0 Å². The molecule has 0 unspecified atom stereocenters. The number of ether oxygens (including phenoxy) is 2. The average Bonchev–Trinajstić information content (AvgIpc) is 3.02. The van der Waals surface area contributed by atoms with Crippen molar-refractivity contribution in [3.8, 4) is 11.5 Å². The predicted molar refractivity (Wildman–Crippen MR) is 102 cm³/mol. The molecule has 0 aliphatic heterocycles. The van der Waals surface area contributed by atoms with Crippen LogP contribution in [0.15, 0.2) is 59.0 Å². The van der Waals surface area contributed by atoms with E-state index in [9.17, 15) is 9.59 Å². The van der Waals surface area contributed by atoms with Crippen molar-refractivity contribution in [3.63, 3.8) is 0 Å². The highest BCUT2D eigenvalue weighted by Crippen LogP contribution is 2.30. The van der Waals surface area contributed by atoms with Crippen LogP contribution in [0.25, 0.3) is 11.0 Å². The molecule has 27 heavy (non-hydrogen) atoms. The molecule has 3 rings (SSSR count). The first kappa shape index (κ1) is 18.5. The molecule has 6 heteroatoms. The highest BCUT2D eigenvalue weighted by Gasteiger charge is 2.21. The molecule has 0 atom stereocenters. The zero-order valence-electron chi connectivity index (χ0n) is 15.5. The molecule has 1 heterocycles. The lowest BCUT2D eigenvalue weighted by Gasteiger charge is -2.21. The van der Waals surface area contributed by atoms with Gasteiger partial charge in [0, 0.05) is 11.5 Å². The average molecular weight is 367 g/mol. The third-order valence-corrected chi connectivity index (χ3v) is 3.58. The summed E-state index contributed by atoms with van der Waals surface area (Å²) in [6.45, 7) is 5.08. The molecule has 1 aromatic heterocycles. The number of furan rings is 1. The standard InChI is InChI=1S/C21H21NO5/c1-21(2,3)27-20(24)13-22(14-23)19-12-15-11-17(9-10-18(15)26-19)25-16-7-5-4-6-8-16/h4-12,14H,13H2,1-3H3. The van der Waals surface area contributed by atoms with E-state index in [1.54, 1.807) is 39.0 Å². The van der Waals surface area contributed by atoms with E-state index in [2.05, 4.69) is 0 Å². The van der Waals surface area contributed by atoms with Crippen LogP contribution in [0.4, 0.5) is 5.88 Å². The minimum Gasteiger partial charge on any atom is -0.459 e. The lowest BCUT2D eigenvalue weighted by molar-refractivity contribution is -0.153. The molecular formula is C21H21NO5. The summed E-state index contributed by atoms with van der Waals surface area (Å²) in [5.74, 6) is 1.12. The van der Waals surface area contributed by atoms with Gasteiger partial charge in [-0.3, -0.25) is 14.5 Å². The number of para-hydroxylation sites is 1. The van der Waals surface area contributed by atoms with Crippen LogP contribution in [0.2, 0.25) is 0 Å². The molecule has 0 aliphatic carbocycles. The van der Waals surface area contributed by atoms with Gasteiger partial charge in [0.15, 0.2) is 0 Å². The van der Waals surface area contributed by atoms with Crippen LogP contribution in [0.5, 0.6) is 11.5 Å². The van der Waals surface area contributed by atoms with Crippen molar-refractivity contribution in [1.82, 2.24) is 0 Å². The van der Waals surface area contributed by atoms with Crippen molar-refractivity contribution < 1.29 is 23.5 Å². The fourth-order valence-electron chi connectivity index (χ4n) is 2.52. The van der Waals surface area contributed by atoms with Gasteiger partial charge in [0.05, 0.1) is 0 Å². The van der Waals surface area contributed by atoms with Crippen LogP contribution in [-0.2, 0) is 14.3 Å². The van der Waals surface area contributed by atoms with Crippen LogP contribution in [0, 0.1) is 0 Å². The summed E-state index contributed by atoms with van der Waals surface area (Å²) in [5.41, 5.74) is -0.0372. The van der Waals surface area contributed by atoms with E-state index in [0.29, 0.717) is 17.7 Å². The quantitative estimate of drug-likeness (QED) is 0.473. The van der Waals surface area contributed by atoms with Gasteiger partial charge >= 0.3 is 5.97 Å². The van der Waals surface area contributed by atoms with E-state index in [0.717, 1.165) is 11.1 Å². The second-order valence-corrected chi connectivity index (χ2v) is 7.02. The Balaban J connectivity index is 1.78. The Kier molecular flexibility index (Phi) is 5.16. The normalized spacial score (nSPS) is 11.2.